The molecular weight excluding hydrogens is 220 g/mol. The van der Waals surface area contributed by atoms with Gasteiger partial charge < -0.3 is 5.32 Å². The van der Waals surface area contributed by atoms with Gasteiger partial charge in [-0.25, -0.2) is 0 Å². The molecule has 0 bridgehead atoms. The maximum Gasteiger partial charge on any atom is 0.271 e. The molecule has 0 saturated heterocycles. The molecule has 5 nitrogen and oxygen atoms in total. The minimum absolute atomic E-state index is 0.0388. The molecule has 0 aliphatic carbocycles. The molecule has 0 saturated carbocycles. The number of nitrogens with one attached hydrogen (secondary N) is 1. The van der Waals surface area contributed by atoms with Crippen molar-refractivity contribution in [1.29, 1.82) is 0 Å². The third-order valence-electron chi connectivity index (χ3n) is 2.11. The molecule has 0 atom stereocenters. The molecule has 0 aromatic heterocycles. The minimum Gasteiger partial charge on any atom is -0.322 e. The number of aryl methyl sites for hydroxylation is 1. The number of allylic oxidation sites excluding steroid dienone is 1. The minimum atomic E-state index is -0.490. The first-order chi connectivity index (χ1) is 7.90. The van der Waals surface area contributed by atoms with E-state index in [1.54, 1.807) is 26.8 Å². The summed E-state index contributed by atoms with van der Waals surface area (Å²) >= 11 is 0. The van der Waals surface area contributed by atoms with E-state index in [0.717, 1.165) is 11.1 Å². The van der Waals surface area contributed by atoms with Crippen LogP contribution in [-0.2, 0) is 4.79 Å². The third-order valence-corrected chi connectivity index (χ3v) is 2.11. The topological polar surface area (TPSA) is 72.2 Å². The number of amides is 1. The summed E-state index contributed by atoms with van der Waals surface area (Å²) in [6, 6.07) is 4.37. The van der Waals surface area contributed by atoms with E-state index in [0.29, 0.717) is 5.69 Å². The molecule has 5 heteroatoms. The normalized spacial score (nSPS) is 9.59. The molecule has 0 heterocycles. The molecule has 1 N–H and O–H groups in total. The van der Waals surface area contributed by atoms with Gasteiger partial charge in [0.1, 0.15) is 0 Å². The summed E-state index contributed by atoms with van der Waals surface area (Å²) in [5.74, 6) is -0.284. The van der Waals surface area contributed by atoms with Crippen molar-refractivity contribution in [3.05, 3.63) is 45.5 Å². The highest BCUT2D eigenvalue weighted by atomic mass is 16.6. The van der Waals surface area contributed by atoms with Gasteiger partial charge in [0.05, 0.1) is 10.6 Å². The number of nitro benzene ring substituents is 1. The van der Waals surface area contributed by atoms with Crippen molar-refractivity contribution < 1.29 is 9.72 Å². The first-order valence-electron chi connectivity index (χ1n) is 5.11. The summed E-state index contributed by atoms with van der Waals surface area (Å²) < 4.78 is 0. The zero-order chi connectivity index (χ0) is 13.0. The Bertz CT molecular complexity index is 489. The van der Waals surface area contributed by atoms with Gasteiger partial charge in [0.2, 0.25) is 5.91 Å². The third kappa shape index (κ3) is 3.71. The smallest absolute Gasteiger partial charge is 0.271 e. The summed E-state index contributed by atoms with van der Waals surface area (Å²) in [6.45, 7) is 5.39. The van der Waals surface area contributed by atoms with Crippen LogP contribution in [0.4, 0.5) is 11.4 Å². The number of hydrogen-bond donors (Lipinski definition) is 1. The molecule has 1 aromatic carbocycles. The number of rotatable bonds is 3. The monoisotopic (exact) mass is 234 g/mol. The lowest BCUT2D eigenvalue weighted by atomic mass is 10.2. The molecule has 0 radical (unpaired) electrons. The maximum absolute atomic E-state index is 11.5. The molecule has 17 heavy (non-hydrogen) atoms. The molecule has 0 aliphatic rings. The van der Waals surface area contributed by atoms with Crippen LogP contribution in [0.25, 0.3) is 0 Å². The van der Waals surface area contributed by atoms with Crippen LogP contribution in [0.5, 0.6) is 0 Å². The Hall–Kier alpha value is -2.17. The first-order valence-corrected chi connectivity index (χ1v) is 5.11. The van der Waals surface area contributed by atoms with Gasteiger partial charge in [-0.1, -0.05) is 11.6 Å². The lowest BCUT2D eigenvalue weighted by Crippen LogP contribution is -2.09. The van der Waals surface area contributed by atoms with Crippen molar-refractivity contribution in [2.75, 3.05) is 5.32 Å². The Balaban J connectivity index is 2.98. The molecule has 0 fully saturated rings. The van der Waals surface area contributed by atoms with Gasteiger partial charge in [-0.15, -0.1) is 0 Å². The van der Waals surface area contributed by atoms with E-state index in [9.17, 15) is 14.9 Å². The fourth-order valence-corrected chi connectivity index (χ4v) is 1.29. The van der Waals surface area contributed by atoms with Gasteiger partial charge in [-0.05, 0) is 26.3 Å². The summed E-state index contributed by atoms with van der Waals surface area (Å²) in [6.07, 6.45) is 1.44. The number of nitro groups is 1. The number of benzene rings is 1. The lowest BCUT2D eigenvalue weighted by Gasteiger charge is -2.06. The lowest BCUT2D eigenvalue weighted by molar-refractivity contribution is -0.384. The molecule has 1 aromatic rings. The van der Waals surface area contributed by atoms with Gasteiger partial charge in [0.25, 0.3) is 5.69 Å². The SMILES string of the molecule is CC(C)=CC(=O)Nc1cc([N+](=O)[O-])ccc1C. The van der Waals surface area contributed by atoms with Gasteiger partial charge in [-0.2, -0.15) is 0 Å². The van der Waals surface area contributed by atoms with Crippen LogP contribution >= 0.6 is 0 Å². The molecule has 1 rings (SSSR count). The second-order valence-electron chi connectivity index (χ2n) is 3.97. The Labute approximate surface area is 99.3 Å². The summed E-state index contributed by atoms with van der Waals surface area (Å²) in [5.41, 5.74) is 2.07. The van der Waals surface area contributed by atoms with Crippen LogP contribution in [0, 0.1) is 17.0 Å². The van der Waals surface area contributed by atoms with E-state index in [1.165, 1.54) is 18.2 Å². The van der Waals surface area contributed by atoms with Gasteiger partial charge in [-0.3, -0.25) is 14.9 Å². The highest BCUT2D eigenvalue weighted by molar-refractivity contribution is 6.00. The van der Waals surface area contributed by atoms with Gasteiger partial charge in [0.15, 0.2) is 0 Å². The zero-order valence-electron chi connectivity index (χ0n) is 9.98. The quantitative estimate of drug-likeness (QED) is 0.496. The summed E-state index contributed by atoms with van der Waals surface area (Å²) in [4.78, 5) is 21.6. The number of carbonyl (C=O) groups is 1. The Morgan fingerprint density at radius 2 is 2.06 bits per heavy atom. The highest BCUT2D eigenvalue weighted by Gasteiger charge is 2.09. The number of nitrogens with zero attached hydrogens (tertiary/aromatic N) is 1. The number of non-ortho nitro benzene ring substituents is 1. The predicted molar refractivity (Wildman–Crippen MR) is 65.9 cm³/mol. The number of carbonyl (C=O) groups excluding carboxylic acids is 1. The number of hydrogen-bond acceptors (Lipinski definition) is 3. The predicted octanol–water partition coefficient (Wildman–Crippen LogP) is 2.81. The Morgan fingerprint density at radius 3 is 2.59 bits per heavy atom. The van der Waals surface area contributed by atoms with Crippen molar-refractivity contribution in [3.8, 4) is 0 Å². The van der Waals surface area contributed by atoms with Crippen LogP contribution in [0.15, 0.2) is 29.8 Å². The van der Waals surface area contributed by atoms with Crippen molar-refractivity contribution in [2.45, 2.75) is 20.8 Å². The van der Waals surface area contributed by atoms with E-state index >= 15 is 0 Å². The van der Waals surface area contributed by atoms with E-state index in [-0.39, 0.29) is 11.6 Å². The first kappa shape index (κ1) is 12.9. The standard InChI is InChI=1S/C12H14N2O3/c1-8(2)6-12(15)13-11-7-10(14(16)17)5-4-9(11)3/h4-7H,1-3H3,(H,13,15). The molecule has 1 amide bonds. The largest absolute Gasteiger partial charge is 0.322 e. The van der Waals surface area contributed by atoms with Gasteiger partial charge >= 0.3 is 0 Å². The van der Waals surface area contributed by atoms with E-state index in [4.69, 9.17) is 0 Å². The van der Waals surface area contributed by atoms with Crippen LogP contribution in [0.2, 0.25) is 0 Å². The van der Waals surface area contributed by atoms with Crippen molar-refractivity contribution in [2.24, 2.45) is 0 Å². The van der Waals surface area contributed by atoms with E-state index < -0.39 is 4.92 Å². The van der Waals surface area contributed by atoms with Crippen molar-refractivity contribution in [3.63, 3.8) is 0 Å². The zero-order valence-corrected chi connectivity index (χ0v) is 9.98. The van der Waals surface area contributed by atoms with Crippen LogP contribution in [0.3, 0.4) is 0 Å². The Kier molecular flexibility index (Phi) is 3.98. The fraction of sp³-hybridized carbons (Fsp3) is 0.250. The maximum atomic E-state index is 11.5. The van der Waals surface area contributed by atoms with Crippen LogP contribution < -0.4 is 5.32 Å². The Morgan fingerprint density at radius 1 is 1.41 bits per heavy atom. The molecule has 90 valence electrons. The van der Waals surface area contributed by atoms with Crippen molar-refractivity contribution >= 4 is 17.3 Å². The van der Waals surface area contributed by atoms with E-state index in [2.05, 4.69) is 5.32 Å². The van der Waals surface area contributed by atoms with E-state index in [1.807, 2.05) is 0 Å². The van der Waals surface area contributed by atoms with Crippen LogP contribution in [-0.4, -0.2) is 10.8 Å². The molecular formula is C12H14N2O3. The summed E-state index contributed by atoms with van der Waals surface area (Å²) in [5, 5.41) is 13.2. The van der Waals surface area contributed by atoms with Crippen molar-refractivity contribution in [1.82, 2.24) is 0 Å². The highest BCUT2D eigenvalue weighted by Crippen LogP contribution is 2.21. The molecule has 0 unspecified atom stereocenters. The van der Waals surface area contributed by atoms with Crippen LogP contribution in [0.1, 0.15) is 19.4 Å². The number of anilines is 1. The fourth-order valence-electron chi connectivity index (χ4n) is 1.29. The average Bonchev–Trinajstić information content (AvgIpc) is 2.19. The second-order valence-corrected chi connectivity index (χ2v) is 3.97. The molecule has 0 aliphatic heterocycles. The summed E-state index contributed by atoms with van der Waals surface area (Å²) in [7, 11) is 0. The second kappa shape index (κ2) is 5.25. The van der Waals surface area contributed by atoms with Gasteiger partial charge in [0, 0.05) is 18.2 Å². The average molecular weight is 234 g/mol. The molecule has 0 spiro atoms.